The van der Waals surface area contributed by atoms with Crippen molar-refractivity contribution >= 4 is 5.69 Å². The Balaban J connectivity index is 1.98. The number of rotatable bonds is 7. The lowest BCUT2D eigenvalue weighted by molar-refractivity contribution is 0.0182. The van der Waals surface area contributed by atoms with Crippen LogP contribution in [0.15, 0.2) is 28.8 Å². The molecule has 0 spiro atoms. The van der Waals surface area contributed by atoms with Crippen LogP contribution in [0, 0.1) is 0 Å². The third-order valence-electron chi connectivity index (χ3n) is 2.61. The van der Waals surface area contributed by atoms with Gasteiger partial charge in [-0.1, -0.05) is 17.3 Å². The Morgan fingerprint density at radius 3 is 2.90 bits per heavy atom. The molecule has 0 saturated heterocycles. The lowest BCUT2D eigenvalue weighted by atomic mass is 10.2. The van der Waals surface area contributed by atoms with E-state index in [9.17, 15) is 8.78 Å². The number of nitrogens with zero attached hydrogens (tertiary/aromatic N) is 2. The van der Waals surface area contributed by atoms with Crippen molar-refractivity contribution in [2.75, 3.05) is 25.6 Å². The molecule has 2 aromatic rings. The molecule has 0 saturated carbocycles. The molecule has 0 unspecified atom stereocenters. The Kier molecular flexibility index (Phi) is 5.00. The fraction of sp³-hybridized carbons (Fsp3) is 0.385. The highest BCUT2D eigenvalue weighted by Crippen LogP contribution is 2.25. The molecule has 1 aromatic heterocycles. The van der Waals surface area contributed by atoms with Crippen molar-refractivity contribution in [3.8, 4) is 11.5 Å². The Morgan fingerprint density at radius 1 is 1.35 bits per heavy atom. The zero-order chi connectivity index (χ0) is 14.4. The van der Waals surface area contributed by atoms with E-state index in [4.69, 9.17) is 9.26 Å². The van der Waals surface area contributed by atoms with Gasteiger partial charge in [-0.2, -0.15) is 4.98 Å². The Morgan fingerprint density at radius 2 is 2.15 bits per heavy atom. The van der Waals surface area contributed by atoms with Crippen LogP contribution in [-0.2, 0) is 11.2 Å². The second-order valence-electron chi connectivity index (χ2n) is 4.03. The average Bonchev–Trinajstić information content (AvgIpc) is 2.92. The van der Waals surface area contributed by atoms with Gasteiger partial charge in [-0.3, -0.25) is 0 Å². The van der Waals surface area contributed by atoms with Gasteiger partial charge in [0.2, 0.25) is 0 Å². The van der Waals surface area contributed by atoms with E-state index in [1.165, 1.54) is 0 Å². The molecule has 1 N–H and O–H groups in total. The summed E-state index contributed by atoms with van der Waals surface area (Å²) in [6, 6.07) is 7.51. The molecule has 0 bridgehead atoms. The van der Waals surface area contributed by atoms with Gasteiger partial charge in [0.15, 0.2) is 5.82 Å². The van der Waals surface area contributed by atoms with Gasteiger partial charge in [0.1, 0.15) is 6.61 Å². The number of aromatic nitrogens is 2. The van der Waals surface area contributed by atoms with E-state index in [1.807, 2.05) is 24.3 Å². The number of hydrogen-bond donors (Lipinski definition) is 1. The SMILES string of the molecule is CNc1ccccc1-c1nc(CCOCC(F)F)no1. The van der Waals surface area contributed by atoms with E-state index >= 15 is 0 Å². The van der Waals surface area contributed by atoms with Gasteiger partial charge in [0.05, 0.1) is 12.2 Å². The van der Waals surface area contributed by atoms with Crippen LogP contribution in [0.1, 0.15) is 5.82 Å². The maximum Gasteiger partial charge on any atom is 0.261 e. The number of alkyl halides is 2. The second-order valence-corrected chi connectivity index (χ2v) is 4.03. The predicted molar refractivity (Wildman–Crippen MR) is 69.8 cm³/mol. The third-order valence-corrected chi connectivity index (χ3v) is 2.61. The van der Waals surface area contributed by atoms with E-state index in [2.05, 4.69) is 15.5 Å². The van der Waals surface area contributed by atoms with Crippen LogP contribution >= 0.6 is 0 Å². The topological polar surface area (TPSA) is 60.2 Å². The first-order valence-electron chi connectivity index (χ1n) is 6.16. The lowest BCUT2D eigenvalue weighted by Gasteiger charge is -2.03. The smallest absolute Gasteiger partial charge is 0.261 e. The molecule has 1 heterocycles. The lowest BCUT2D eigenvalue weighted by Crippen LogP contribution is -2.07. The summed E-state index contributed by atoms with van der Waals surface area (Å²) < 4.78 is 33.7. The van der Waals surface area contributed by atoms with Crippen LogP contribution in [0.25, 0.3) is 11.5 Å². The largest absolute Gasteiger partial charge is 0.387 e. The van der Waals surface area contributed by atoms with Crippen molar-refractivity contribution in [2.24, 2.45) is 0 Å². The van der Waals surface area contributed by atoms with Crippen LogP contribution in [0.5, 0.6) is 0 Å². The molecule has 0 radical (unpaired) electrons. The van der Waals surface area contributed by atoms with E-state index in [-0.39, 0.29) is 6.61 Å². The van der Waals surface area contributed by atoms with Crippen LogP contribution in [0.2, 0.25) is 0 Å². The number of hydrogen-bond acceptors (Lipinski definition) is 5. The molecule has 1 aromatic carbocycles. The minimum Gasteiger partial charge on any atom is -0.387 e. The second kappa shape index (κ2) is 6.95. The number of nitrogens with one attached hydrogen (secondary N) is 1. The van der Waals surface area contributed by atoms with Crippen molar-refractivity contribution in [1.29, 1.82) is 0 Å². The summed E-state index contributed by atoms with van der Waals surface area (Å²) in [6.45, 7) is -0.440. The van der Waals surface area contributed by atoms with Crippen LogP contribution in [0.3, 0.4) is 0 Å². The first-order chi connectivity index (χ1) is 9.70. The van der Waals surface area contributed by atoms with Crippen molar-refractivity contribution in [3.05, 3.63) is 30.1 Å². The van der Waals surface area contributed by atoms with E-state index in [0.29, 0.717) is 18.1 Å². The van der Waals surface area contributed by atoms with Crippen molar-refractivity contribution in [2.45, 2.75) is 12.8 Å². The highest BCUT2D eigenvalue weighted by Gasteiger charge is 2.12. The average molecular weight is 283 g/mol. The van der Waals surface area contributed by atoms with E-state index < -0.39 is 13.0 Å². The zero-order valence-corrected chi connectivity index (χ0v) is 11.0. The summed E-state index contributed by atoms with van der Waals surface area (Å²) >= 11 is 0. The Labute approximate surface area is 114 Å². The van der Waals surface area contributed by atoms with Crippen molar-refractivity contribution in [3.63, 3.8) is 0 Å². The number of anilines is 1. The van der Waals surface area contributed by atoms with E-state index in [0.717, 1.165) is 11.3 Å². The molecular formula is C13H15F2N3O2. The summed E-state index contributed by atoms with van der Waals surface area (Å²) in [4.78, 5) is 4.22. The van der Waals surface area contributed by atoms with E-state index in [1.54, 1.807) is 7.05 Å². The Hall–Kier alpha value is -2.02. The number of ether oxygens (including phenoxy) is 1. The number of para-hydroxylation sites is 1. The van der Waals surface area contributed by atoms with Crippen molar-refractivity contribution < 1.29 is 18.0 Å². The summed E-state index contributed by atoms with van der Waals surface area (Å²) in [5.74, 6) is 0.819. The molecule has 0 aliphatic carbocycles. The predicted octanol–water partition coefficient (Wildman–Crippen LogP) is 2.60. The van der Waals surface area contributed by atoms with Gasteiger partial charge >= 0.3 is 0 Å². The van der Waals surface area contributed by atoms with Crippen molar-refractivity contribution in [1.82, 2.24) is 10.1 Å². The summed E-state index contributed by atoms with van der Waals surface area (Å²) in [6.07, 6.45) is -2.13. The summed E-state index contributed by atoms with van der Waals surface area (Å²) in [7, 11) is 1.80. The number of halogens is 2. The third kappa shape index (κ3) is 3.74. The van der Waals surface area contributed by atoms with Gasteiger partial charge < -0.3 is 14.6 Å². The zero-order valence-electron chi connectivity index (χ0n) is 11.0. The maximum absolute atomic E-state index is 11.9. The molecule has 0 aliphatic heterocycles. The highest BCUT2D eigenvalue weighted by molar-refractivity contribution is 5.71. The van der Waals surface area contributed by atoms with Gasteiger partial charge in [0.25, 0.3) is 12.3 Å². The van der Waals surface area contributed by atoms with Gasteiger partial charge in [-0.05, 0) is 12.1 Å². The molecular weight excluding hydrogens is 268 g/mol. The summed E-state index contributed by atoms with van der Waals surface area (Å²) in [5.41, 5.74) is 1.67. The molecule has 0 atom stereocenters. The standard InChI is InChI=1S/C13H15F2N3O2/c1-16-10-5-3-2-4-9(10)13-17-12(18-20-13)6-7-19-8-11(14)15/h2-5,11,16H,6-8H2,1H3. The summed E-state index contributed by atoms with van der Waals surface area (Å²) in [5, 5.41) is 6.84. The normalized spacial score (nSPS) is 11.0. The molecule has 0 aliphatic rings. The molecule has 108 valence electrons. The fourth-order valence-corrected chi connectivity index (χ4v) is 1.69. The minimum atomic E-state index is -2.46. The fourth-order valence-electron chi connectivity index (χ4n) is 1.69. The number of benzene rings is 1. The van der Waals surface area contributed by atoms with Gasteiger partial charge in [-0.15, -0.1) is 0 Å². The van der Waals surface area contributed by atoms with Crippen LogP contribution in [-0.4, -0.2) is 36.8 Å². The molecule has 5 nitrogen and oxygen atoms in total. The quantitative estimate of drug-likeness (QED) is 0.791. The van der Waals surface area contributed by atoms with Gasteiger partial charge in [0, 0.05) is 19.2 Å². The molecule has 7 heteroatoms. The highest BCUT2D eigenvalue weighted by atomic mass is 19.3. The molecule has 2 rings (SSSR count). The monoisotopic (exact) mass is 283 g/mol. The molecule has 20 heavy (non-hydrogen) atoms. The van der Waals surface area contributed by atoms with Gasteiger partial charge in [-0.25, -0.2) is 8.78 Å². The minimum absolute atomic E-state index is 0.136. The first-order valence-corrected chi connectivity index (χ1v) is 6.16. The Bertz CT molecular complexity index is 546. The molecule has 0 amide bonds. The van der Waals surface area contributed by atoms with Crippen LogP contribution < -0.4 is 5.32 Å². The van der Waals surface area contributed by atoms with Crippen LogP contribution in [0.4, 0.5) is 14.5 Å². The first kappa shape index (κ1) is 14.4. The maximum atomic E-state index is 11.9. The molecule has 0 fully saturated rings.